The fourth-order valence-corrected chi connectivity index (χ4v) is 3.65. The number of amides is 1. The summed E-state index contributed by atoms with van der Waals surface area (Å²) in [7, 11) is 0. The fraction of sp³-hybridized carbons (Fsp3) is 0.579. The molecule has 1 aliphatic heterocycles. The number of fused-ring (bicyclic) bond motifs is 1. The number of piperidine rings is 1. The second kappa shape index (κ2) is 8.14. The minimum absolute atomic E-state index is 0.211. The van der Waals surface area contributed by atoms with Crippen LogP contribution in [0.3, 0.4) is 0 Å². The molecule has 0 aliphatic carbocycles. The van der Waals surface area contributed by atoms with Crippen LogP contribution in [0.1, 0.15) is 32.7 Å². The zero-order chi connectivity index (χ0) is 18.7. The Morgan fingerprint density at radius 2 is 2.15 bits per heavy atom. The molecule has 1 N–H and O–H groups in total. The number of likely N-dealkylation sites (N-methyl/N-ethyl adjacent to an activating group) is 1. The van der Waals surface area contributed by atoms with Crippen LogP contribution in [0.25, 0.3) is 10.9 Å². The van der Waals surface area contributed by atoms with Crippen molar-refractivity contribution in [2.24, 2.45) is 0 Å². The van der Waals surface area contributed by atoms with E-state index in [2.05, 4.69) is 10.00 Å². The number of hydrogen-bond acceptors (Lipinski definition) is 4. The van der Waals surface area contributed by atoms with E-state index in [1.807, 2.05) is 11.6 Å². The third-order valence-corrected chi connectivity index (χ3v) is 5.20. The number of aromatic nitrogens is 2. The highest BCUT2D eigenvalue weighted by Crippen LogP contribution is 2.26. The molecule has 2 aromatic rings. The maximum atomic E-state index is 13.3. The molecule has 2 heterocycles. The van der Waals surface area contributed by atoms with Gasteiger partial charge in [-0.15, -0.1) is 0 Å². The second-order valence-corrected chi connectivity index (χ2v) is 6.96. The van der Waals surface area contributed by atoms with Crippen molar-refractivity contribution in [2.75, 3.05) is 32.7 Å². The highest BCUT2D eigenvalue weighted by atomic mass is 19.1. The van der Waals surface area contributed by atoms with Gasteiger partial charge in [0.05, 0.1) is 17.8 Å². The van der Waals surface area contributed by atoms with Gasteiger partial charge in [0, 0.05) is 38.1 Å². The number of hydrogen-bond donors (Lipinski definition) is 1. The van der Waals surface area contributed by atoms with E-state index in [9.17, 15) is 14.3 Å². The number of aliphatic hydroxyl groups excluding tert-OH is 1. The number of rotatable bonds is 6. The van der Waals surface area contributed by atoms with Crippen molar-refractivity contribution in [3.8, 4) is 0 Å². The van der Waals surface area contributed by atoms with E-state index in [0.29, 0.717) is 19.1 Å². The molecule has 26 heavy (non-hydrogen) atoms. The highest BCUT2D eigenvalue weighted by molar-refractivity contribution is 5.80. The summed E-state index contributed by atoms with van der Waals surface area (Å²) in [5, 5.41) is 14.8. The third-order valence-electron chi connectivity index (χ3n) is 5.20. The van der Waals surface area contributed by atoms with Gasteiger partial charge >= 0.3 is 0 Å². The Kier molecular flexibility index (Phi) is 5.88. The Labute approximate surface area is 153 Å². The lowest BCUT2D eigenvalue weighted by molar-refractivity contribution is -0.139. The highest BCUT2D eigenvalue weighted by Gasteiger charge is 2.23. The summed E-state index contributed by atoms with van der Waals surface area (Å²) in [6.07, 6.45) is 2.74. The summed E-state index contributed by atoms with van der Waals surface area (Å²) in [6.45, 7) is 7.37. The van der Waals surface area contributed by atoms with Crippen molar-refractivity contribution in [1.82, 2.24) is 19.6 Å². The molecule has 0 spiro atoms. The van der Waals surface area contributed by atoms with Crippen LogP contribution in [0.15, 0.2) is 24.4 Å². The van der Waals surface area contributed by atoms with Gasteiger partial charge in [-0.2, -0.15) is 5.10 Å². The first-order chi connectivity index (χ1) is 12.5. The molecule has 142 valence electrons. The molecule has 7 heteroatoms. The van der Waals surface area contributed by atoms with Crippen molar-refractivity contribution < 1.29 is 14.3 Å². The molecule has 1 fully saturated rings. The molecule has 0 unspecified atom stereocenters. The number of benzene rings is 1. The first-order valence-electron chi connectivity index (χ1n) is 9.31. The Hall–Kier alpha value is -1.99. The molecule has 1 saturated heterocycles. The molecule has 1 atom stereocenters. The second-order valence-electron chi connectivity index (χ2n) is 6.96. The maximum Gasteiger partial charge on any atom is 0.251 e. The van der Waals surface area contributed by atoms with E-state index in [0.717, 1.165) is 43.4 Å². The lowest BCUT2D eigenvalue weighted by atomic mass is 10.0. The quantitative estimate of drug-likeness (QED) is 0.854. The molecule has 0 bridgehead atoms. The minimum atomic E-state index is -0.946. The summed E-state index contributed by atoms with van der Waals surface area (Å²) in [4.78, 5) is 16.0. The SMILES string of the molecule is CCN(CCN1CCC(n2ncc3cc(F)ccc32)CC1)C(=O)[C@H](C)O. The van der Waals surface area contributed by atoms with Crippen LogP contribution in [-0.2, 0) is 4.79 Å². The van der Waals surface area contributed by atoms with Gasteiger partial charge in [0.25, 0.3) is 5.91 Å². The molecule has 3 rings (SSSR count). The van der Waals surface area contributed by atoms with Crippen molar-refractivity contribution in [3.05, 3.63) is 30.2 Å². The lowest BCUT2D eigenvalue weighted by Crippen LogP contribution is -2.44. The number of halogens is 1. The van der Waals surface area contributed by atoms with Gasteiger partial charge < -0.3 is 14.9 Å². The summed E-state index contributed by atoms with van der Waals surface area (Å²) in [5.41, 5.74) is 0.976. The predicted molar refractivity (Wildman–Crippen MR) is 98.3 cm³/mol. The minimum Gasteiger partial charge on any atom is -0.384 e. The van der Waals surface area contributed by atoms with Crippen LogP contribution in [0, 0.1) is 5.82 Å². The molecular weight excluding hydrogens is 335 g/mol. The standard InChI is InChI=1S/C19H27FN4O2/c1-3-23(19(26)14(2)25)11-10-22-8-6-17(7-9-22)24-18-5-4-16(20)12-15(18)13-21-24/h4-5,12-14,17,25H,3,6-11H2,1-2H3/t14-/m0/s1. The molecule has 1 amide bonds. The molecule has 1 aromatic heterocycles. The monoisotopic (exact) mass is 362 g/mol. The van der Waals surface area contributed by atoms with E-state index < -0.39 is 6.10 Å². The average molecular weight is 362 g/mol. The number of likely N-dealkylation sites (tertiary alicyclic amines) is 1. The topological polar surface area (TPSA) is 61.6 Å². The van der Waals surface area contributed by atoms with Gasteiger partial charge in [-0.1, -0.05) is 0 Å². The van der Waals surface area contributed by atoms with Gasteiger partial charge in [-0.05, 0) is 44.9 Å². The van der Waals surface area contributed by atoms with E-state index in [-0.39, 0.29) is 11.7 Å². The van der Waals surface area contributed by atoms with Crippen LogP contribution >= 0.6 is 0 Å². The summed E-state index contributed by atoms with van der Waals surface area (Å²) in [5.74, 6) is -0.447. The maximum absolute atomic E-state index is 13.3. The number of carbonyl (C=O) groups excluding carboxylic acids is 1. The predicted octanol–water partition coefficient (Wildman–Crippen LogP) is 2.04. The molecular formula is C19H27FN4O2. The smallest absolute Gasteiger partial charge is 0.251 e. The molecule has 0 radical (unpaired) electrons. The van der Waals surface area contributed by atoms with Crippen molar-refractivity contribution in [1.29, 1.82) is 0 Å². The van der Waals surface area contributed by atoms with Crippen molar-refractivity contribution in [2.45, 2.75) is 38.8 Å². The summed E-state index contributed by atoms with van der Waals surface area (Å²) < 4.78 is 15.4. The van der Waals surface area contributed by atoms with Crippen molar-refractivity contribution >= 4 is 16.8 Å². The molecule has 1 aliphatic rings. The Balaban J connectivity index is 1.55. The molecule has 1 aromatic carbocycles. The molecule has 6 nitrogen and oxygen atoms in total. The normalized spacial score (nSPS) is 17.5. The van der Waals surface area contributed by atoms with E-state index >= 15 is 0 Å². The first-order valence-corrected chi connectivity index (χ1v) is 9.31. The zero-order valence-electron chi connectivity index (χ0n) is 15.4. The van der Waals surface area contributed by atoms with Crippen LogP contribution in [-0.4, -0.2) is 69.4 Å². The van der Waals surface area contributed by atoms with Crippen LogP contribution in [0.2, 0.25) is 0 Å². The zero-order valence-corrected chi connectivity index (χ0v) is 15.4. The van der Waals surface area contributed by atoms with Crippen LogP contribution in [0.4, 0.5) is 4.39 Å². The number of aliphatic hydroxyl groups is 1. The van der Waals surface area contributed by atoms with Gasteiger partial charge in [-0.25, -0.2) is 4.39 Å². The Morgan fingerprint density at radius 3 is 2.81 bits per heavy atom. The van der Waals surface area contributed by atoms with Crippen LogP contribution < -0.4 is 0 Å². The summed E-state index contributed by atoms with van der Waals surface area (Å²) in [6, 6.07) is 5.11. The number of nitrogens with zero attached hydrogens (tertiary/aromatic N) is 4. The van der Waals surface area contributed by atoms with Gasteiger partial charge in [0.15, 0.2) is 0 Å². The van der Waals surface area contributed by atoms with Crippen molar-refractivity contribution in [3.63, 3.8) is 0 Å². The third kappa shape index (κ3) is 4.04. The van der Waals surface area contributed by atoms with E-state index in [1.165, 1.54) is 19.1 Å². The van der Waals surface area contributed by atoms with Gasteiger partial charge in [-0.3, -0.25) is 9.48 Å². The van der Waals surface area contributed by atoms with E-state index in [4.69, 9.17) is 0 Å². The Morgan fingerprint density at radius 1 is 1.42 bits per heavy atom. The molecule has 0 saturated carbocycles. The average Bonchev–Trinajstić information content (AvgIpc) is 3.05. The largest absolute Gasteiger partial charge is 0.384 e. The van der Waals surface area contributed by atoms with Gasteiger partial charge in [0.1, 0.15) is 11.9 Å². The number of carbonyl (C=O) groups is 1. The Bertz CT molecular complexity index is 753. The summed E-state index contributed by atoms with van der Waals surface area (Å²) >= 11 is 0. The van der Waals surface area contributed by atoms with Crippen LogP contribution in [0.5, 0.6) is 0 Å². The van der Waals surface area contributed by atoms with Gasteiger partial charge in [0.2, 0.25) is 0 Å². The fourth-order valence-electron chi connectivity index (χ4n) is 3.65. The first kappa shape index (κ1) is 18.8. The van der Waals surface area contributed by atoms with E-state index in [1.54, 1.807) is 17.2 Å². The lowest BCUT2D eigenvalue weighted by Gasteiger charge is -2.34.